The molecule has 68 heavy (non-hydrogen) atoms. The minimum Gasteiger partial charge on any atom is -0.313 e. The molecular weight excluding hydrogens is 839 g/mol. The second kappa shape index (κ2) is 16.9. The third-order valence-corrected chi connectivity index (χ3v) is 13.7. The molecule has 0 saturated carbocycles. The lowest BCUT2D eigenvalue weighted by Gasteiger charge is -2.29. The lowest BCUT2D eigenvalue weighted by Crippen LogP contribution is -2.17. The molecule has 0 radical (unpaired) electrons. The molecule has 0 amide bonds. The number of nitrogens with zero attached hydrogens (tertiary/aromatic N) is 4. The molecule has 2 aliphatic carbocycles. The number of aromatic nitrogens is 2. The first-order valence-electron chi connectivity index (χ1n) is 23.5. The van der Waals surface area contributed by atoms with Gasteiger partial charge < -0.3 is 18.9 Å². The number of anilines is 5. The van der Waals surface area contributed by atoms with E-state index in [2.05, 4.69) is 203 Å². The normalized spacial score (nSPS) is 15.5. The molecule has 2 aromatic heterocycles. The molecule has 0 saturated heterocycles. The largest absolute Gasteiger partial charge is 0.313 e. The van der Waals surface area contributed by atoms with E-state index in [1.54, 1.807) is 12.1 Å². The smallest absolute Gasteiger partial charge is 0.123 e. The Morgan fingerprint density at radius 3 is 1.60 bits per heavy atom. The Hall–Kier alpha value is -8.22. The highest BCUT2D eigenvalue weighted by atomic mass is 19.1. The minimum absolute atomic E-state index is 0.237. The van der Waals surface area contributed by atoms with E-state index in [-0.39, 0.29) is 11.6 Å². The van der Waals surface area contributed by atoms with E-state index in [0.717, 1.165) is 96.8 Å². The summed E-state index contributed by atoms with van der Waals surface area (Å²) in [7, 11) is 0. The third kappa shape index (κ3) is 7.30. The zero-order chi connectivity index (χ0) is 45.9. The number of halogens is 2. The average molecular weight is 887 g/mol. The van der Waals surface area contributed by atoms with Gasteiger partial charge in [-0.2, -0.15) is 0 Å². The van der Waals surface area contributed by atoms with Crippen LogP contribution in [0, 0.1) is 23.5 Å². The van der Waals surface area contributed by atoms with Crippen LogP contribution in [0.3, 0.4) is 0 Å². The van der Waals surface area contributed by atoms with Crippen molar-refractivity contribution in [2.24, 2.45) is 11.8 Å². The molecule has 6 heteroatoms. The predicted octanol–water partition coefficient (Wildman–Crippen LogP) is 17.0. The highest BCUT2D eigenvalue weighted by molar-refractivity contribution is 6.10. The van der Waals surface area contributed by atoms with Crippen LogP contribution in [0.5, 0.6) is 0 Å². The van der Waals surface area contributed by atoms with Gasteiger partial charge in [-0.15, -0.1) is 0 Å². The van der Waals surface area contributed by atoms with Crippen molar-refractivity contribution in [3.05, 3.63) is 241 Å². The number of benzene rings is 8. The van der Waals surface area contributed by atoms with Crippen LogP contribution >= 0.6 is 0 Å². The van der Waals surface area contributed by atoms with Crippen molar-refractivity contribution in [2.75, 3.05) is 9.80 Å². The first-order valence-corrected chi connectivity index (χ1v) is 23.5. The number of fused-ring (bicyclic) bond motifs is 6. The Bertz CT molecular complexity index is 3600. The van der Waals surface area contributed by atoms with Gasteiger partial charge in [0.2, 0.25) is 0 Å². The van der Waals surface area contributed by atoms with Crippen molar-refractivity contribution < 1.29 is 8.78 Å². The highest BCUT2D eigenvalue weighted by Gasteiger charge is 2.24. The fraction of sp³-hybridized carbons (Fsp3) is 0.0968. The summed E-state index contributed by atoms with van der Waals surface area (Å²) in [6, 6.07) is 63.7. The molecule has 0 spiro atoms. The van der Waals surface area contributed by atoms with Crippen molar-refractivity contribution >= 4 is 67.2 Å². The van der Waals surface area contributed by atoms with Gasteiger partial charge in [0.1, 0.15) is 11.6 Å². The molecule has 4 nitrogen and oxygen atoms in total. The Kier molecular flexibility index (Phi) is 10.2. The van der Waals surface area contributed by atoms with E-state index in [1.165, 1.54) is 28.8 Å². The summed E-state index contributed by atoms with van der Waals surface area (Å²) in [6.45, 7) is 4.50. The van der Waals surface area contributed by atoms with E-state index in [0.29, 0.717) is 11.8 Å². The molecule has 0 fully saturated rings. The lowest BCUT2D eigenvalue weighted by molar-refractivity contribution is 0.627. The maximum absolute atomic E-state index is 14.1. The molecular formula is C62H48F2N4. The van der Waals surface area contributed by atoms with Gasteiger partial charge >= 0.3 is 0 Å². The van der Waals surface area contributed by atoms with Crippen LogP contribution in [0.15, 0.2) is 218 Å². The van der Waals surface area contributed by atoms with E-state index in [9.17, 15) is 8.78 Å². The summed E-state index contributed by atoms with van der Waals surface area (Å²) in [4.78, 5) is 4.68. The molecule has 2 unspecified atom stereocenters. The van der Waals surface area contributed by atoms with Crippen LogP contribution in [0.1, 0.15) is 31.5 Å². The van der Waals surface area contributed by atoms with E-state index in [4.69, 9.17) is 0 Å². The standard InChI is InChI=1S/C62H48F2N4/c1-41-12-23-48(24-13-41)66(54-33-36-60-57(39-54)55-10-6-7-11-59(55)67(60)51-29-19-45(63)20-30-51)50-27-17-44(18-28-50)43-15-25-49(26-16-43)65(47-8-4-3-5-9-47)53-34-37-61-58(40-53)56-35-14-42(2)38-62(56)68(61)52-31-21-46(64)22-32-52/h3-12,14-37,39-42H,13,38H2,1-2H3. The average Bonchev–Trinajstić information content (AvgIpc) is 3.88. The second-order valence-electron chi connectivity index (χ2n) is 18.2. The Balaban J connectivity index is 0.896. The van der Waals surface area contributed by atoms with Gasteiger partial charge in [0.25, 0.3) is 0 Å². The molecule has 0 N–H and O–H groups in total. The summed E-state index contributed by atoms with van der Waals surface area (Å²) in [5, 5.41) is 3.45. The second-order valence-corrected chi connectivity index (χ2v) is 18.2. The van der Waals surface area contributed by atoms with Crippen molar-refractivity contribution in [1.29, 1.82) is 0 Å². The fourth-order valence-corrected chi connectivity index (χ4v) is 10.3. The topological polar surface area (TPSA) is 16.3 Å². The first-order chi connectivity index (χ1) is 33.3. The molecule has 0 bridgehead atoms. The molecule has 2 aliphatic rings. The van der Waals surface area contributed by atoms with Crippen LogP contribution in [0.4, 0.5) is 37.2 Å². The van der Waals surface area contributed by atoms with Crippen molar-refractivity contribution in [3.8, 4) is 22.5 Å². The zero-order valence-electron chi connectivity index (χ0n) is 37.9. The van der Waals surface area contributed by atoms with Crippen LogP contribution in [0.2, 0.25) is 0 Å². The van der Waals surface area contributed by atoms with Crippen molar-refractivity contribution in [3.63, 3.8) is 0 Å². The molecule has 0 aliphatic heterocycles. The zero-order valence-corrected chi connectivity index (χ0v) is 37.9. The Labute approximate surface area is 395 Å². The fourth-order valence-electron chi connectivity index (χ4n) is 10.3. The van der Waals surface area contributed by atoms with Crippen LogP contribution < -0.4 is 9.80 Å². The number of hydrogen-bond acceptors (Lipinski definition) is 2. The van der Waals surface area contributed by atoms with Gasteiger partial charge in [0.05, 0.1) is 16.6 Å². The van der Waals surface area contributed by atoms with Gasteiger partial charge in [-0.1, -0.05) is 98.8 Å². The highest BCUT2D eigenvalue weighted by Crippen LogP contribution is 2.43. The van der Waals surface area contributed by atoms with Crippen LogP contribution in [-0.4, -0.2) is 9.13 Å². The maximum Gasteiger partial charge on any atom is 0.123 e. The molecule has 2 heterocycles. The van der Waals surface area contributed by atoms with E-state index >= 15 is 0 Å². The van der Waals surface area contributed by atoms with E-state index < -0.39 is 0 Å². The monoisotopic (exact) mass is 886 g/mol. The van der Waals surface area contributed by atoms with Gasteiger partial charge in [-0.05, 0) is 169 Å². The number of hydrogen-bond donors (Lipinski definition) is 0. The summed E-state index contributed by atoms with van der Waals surface area (Å²) >= 11 is 0. The molecule has 2 atom stereocenters. The van der Waals surface area contributed by atoms with Gasteiger partial charge in [-0.25, -0.2) is 8.78 Å². The third-order valence-electron chi connectivity index (χ3n) is 13.7. The van der Waals surface area contributed by atoms with Gasteiger partial charge in [-0.3, -0.25) is 0 Å². The lowest BCUT2D eigenvalue weighted by atomic mass is 9.94. The van der Waals surface area contributed by atoms with Crippen LogP contribution in [0.25, 0.3) is 61.3 Å². The van der Waals surface area contributed by atoms with E-state index in [1.807, 2.05) is 24.3 Å². The first kappa shape index (κ1) is 41.2. The summed E-state index contributed by atoms with van der Waals surface area (Å²) in [6.07, 6.45) is 13.3. The molecule has 12 rings (SSSR count). The Morgan fingerprint density at radius 2 is 0.956 bits per heavy atom. The van der Waals surface area contributed by atoms with Crippen LogP contribution in [-0.2, 0) is 6.42 Å². The van der Waals surface area contributed by atoms with Gasteiger partial charge in [0.15, 0.2) is 0 Å². The molecule has 330 valence electrons. The van der Waals surface area contributed by atoms with Gasteiger partial charge in [0, 0.05) is 72.9 Å². The molecule has 8 aromatic carbocycles. The summed E-state index contributed by atoms with van der Waals surface area (Å²) < 4.78 is 32.7. The summed E-state index contributed by atoms with van der Waals surface area (Å²) in [5.74, 6) is 0.394. The molecule has 10 aromatic rings. The van der Waals surface area contributed by atoms with Crippen molar-refractivity contribution in [2.45, 2.75) is 26.7 Å². The Morgan fingerprint density at radius 1 is 0.441 bits per heavy atom. The number of rotatable bonds is 9. The predicted molar refractivity (Wildman–Crippen MR) is 279 cm³/mol. The number of para-hydroxylation sites is 2. The quantitative estimate of drug-likeness (QED) is 0.144. The SMILES string of the molecule is CC1C=CC(N(c2ccc(-c3ccc(N(c4ccccc4)c4ccc5c(c4)c4c(n5-c5ccc(F)cc5)CC(C)C=C4)cc3)cc2)c2ccc3c(c2)c2ccccc2n3-c2ccc(F)cc2)=CC1. The number of allylic oxidation sites excluding steroid dienone is 4. The summed E-state index contributed by atoms with van der Waals surface area (Å²) in [5.41, 5.74) is 16.3. The van der Waals surface area contributed by atoms with Crippen molar-refractivity contribution in [1.82, 2.24) is 9.13 Å². The minimum atomic E-state index is -0.249. The maximum atomic E-state index is 14.1.